The van der Waals surface area contributed by atoms with Crippen LogP contribution >= 0.6 is 22.9 Å². The molecule has 0 amide bonds. The van der Waals surface area contributed by atoms with Crippen LogP contribution in [0.1, 0.15) is 11.1 Å². The molecule has 0 aliphatic carbocycles. The number of rotatable bonds is 6. The van der Waals surface area contributed by atoms with Gasteiger partial charge in [0.05, 0.1) is 6.42 Å². The second kappa shape index (κ2) is 8.70. The summed E-state index contributed by atoms with van der Waals surface area (Å²) in [5.74, 6) is -0.845. The molecule has 5 rings (SSSR count). The molecule has 2 heterocycles. The molecule has 0 atom stereocenters. The third kappa shape index (κ3) is 4.22. The first kappa shape index (κ1) is 22.3. The molecule has 34 heavy (non-hydrogen) atoms. The molecule has 3 aromatic carbocycles. The Morgan fingerprint density at radius 1 is 1.03 bits per heavy atom. The Bertz CT molecular complexity index is 1550. The van der Waals surface area contributed by atoms with Crippen molar-refractivity contribution in [3.63, 3.8) is 0 Å². The number of aliphatic carboxylic acids is 1. The number of thiophene rings is 1. The average Bonchev–Trinajstić information content (AvgIpc) is 3.34. The van der Waals surface area contributed by atoms with Crippen LogP contribution in [-0.4, -0.2) is 29.7 Å². The number of carboxylic acid groups (broad SMARTS) is 1. The Morgan fingerprint density at radius 3 is 2.62 bits per heavy atom. The van der Waals surface area contributed by atoms with Gasteiger partial charge in [0.2, 0.25) is 0 Å². The number of aromatic nitrogens is 1. The van der Waals surface area contributed by atoms with Crippen molar-refractivity contribution in [1.29, 1.82) is 0 Å². The topological polar surface area (TPSA) is 71.5 Å². The van der Waals surface area contributed by atoms with Gasteiger partial charge in [-0.15, -0.1) is 11.3 Å². The van der Waals surface area contributed by atoms with Crippen molar-refractivity contribution in [1.82, 2.24) is 4.57 Å². The van der Waals surface area contributed by atoms with Gasteiger partial charge in [0, 0.05) is 58.8 Å². The maximum Gasteiger partial charge on any atom is 0.307 e. The van der Waals surface area contributed by atoms with Gasteiger partial charge in [-0.3, -0.25) is 4.79 Å². The third-order valence-corrected chi connectivity index (χ3v) is 7.30. The number of carbonyl (C=O) groups is 1. The number of benzene rings is 3. The van der Waals surface area contributed by atoms with Gasteiger partial charge in [0.1, 0.15) is 0 Å². The molecule has 7 heteroatoms. The Labute approximate surface area is 206 Å². The van der Waals surface area contributed by atoms with Crippen molar-refractivity contribution < 1.29 is 9.90 Å². The minimum Gasteiger partial charge on any atom is -0.481 e. The number of anilines is 2. The molecule has 2 aromatic heterocycles. The van der Waals surface area contributed by atoms with Gasteiger partial charge < -0.3 is 20.3 Å². The van der Waals surface area contributed by atoms with Crippen LogP contribution in [0.5, 0.6) is 0 Å². The summed E-state index contributed by atoms with van der Waals surface area (Å²) in [7, 11) is 3.98. The zero-order valence-corrected chi connectivity index (χ0v) is 20.5. The molecule has 0 saturated carbocycles. The zero-order chi connectivity index (χ0) is 24.0. The number of hydrogen-bond acceptors (Lipinski definition) is 4. The van der Waals surface area contributed by atoms with E-state index in [0.29, 0.717) is 17.3 Å². The molecule has 172 valence electrons. The van der Waals surface area contributed by atoms with Crippen LogP contribution in [-0.2, 0) is 17.8 Å². The Kier molecular flexibility index (Phi) is 5.71. The van der Waals surface area contributed by atoms with Crippen LogP contribution in [0, 0.1) is 0 Å². The minimum absolute atomic E-state index is 0.0257. The number of nitrogen functional groups attached to an aromatic ring is 1. The fraction of sp³-hybridized carbons (Fsp3) is 0.148. The summed E-state index contributed by atoms with van der Waals surface area (Å²) in [5, 5.41) is 14.4. The highest BCUT2D eigenvalue weighted by atomic mass is 35.5. The van der Waals surface area contributed by atoms with Gasteiger partial charge in [0.15, 0.2) is 0 Å². The van der Waals surface area contributed by atoms with Crippen LogP contribution in [0.15, 0.2) is 66.2 Å². The Morgan fingerprint density at radius 2 is 1.85 bits per heavy atom. The first-order valence-corrected chi connectivity index (χ1v) is 12.1. The molecule has 0 fully saturated rings. The molecule has 0 spiro atoms. The van der Waals surface area contributed by atoms with Crippen LogP contribution in [0.3, 0.4) is 0 Å². The number of fused-ring (bicyclic) bond motifs is 2. The Balaban J connectivity index is 1.65. The molecular formula is C27H24ClN3O2S. The van der Waals surface area contributed by atoms with Gasteiger partial charge in [-0.25, -0.2) is 0 Å². The summed E-state index contributed by atoms with van der Waals surface area (Å²) in [5.41, 5.74) is 12.9. The zero-order valence-electron chi connectivity index (χ0n) is 18.9. The summed E-state index contributed by atoms with van der Waals surface area (Å²) >= 11 is 7.95. The van der Waals surface area contributed by atoms with E-state index in [2.05, 4.69) is 22.1 Å². The smallest absolute Gasteiger partial charge is 0.307 e. The van der Waals surface area contributed by atoms with E-state index in [9.17, 15) is 9.90 Å². The minimum atomic E-state index is -0.845. The number of halogens is 1. The van der Waals surface area contributed by atoms with Gasteiger partial charge >= 0.3 is 5.97 Å². The van der Waals surface area contributed by atoms with Gasteiger partial charge in [-0.1, -0.05) is 23.7 Å². The predicted molar refractivity (Wildman–Crippen MR) is 143 cm³/mol. The van der Waals surface area contributed by atoms with Crippen molar-refractivity contribution in [2.45, 2.75) is 13.0 Å². The lowest BCUT2D eigenvalue weighted by Crippen LogP contribution is -2.09. The number of nitrogens with two attached hydrogens (primary N) is 1. The third-order valence-electron chi connectivity index (χ3n) is 6.05. The molecule has 0 saturated heterocycles. The van der Waals surface area contributed by atoms with Gasteiger partial charge in [0.25, 0.3) is 0 Å². The molecule has 3 N–H and O–H groups in total. The van der Waals surface area contributed by atoms with E-state index in [1.807, 2.05) is 67.7 Å². The van der Waals surface area contributed by atoms with E-state index in [4.69, 9.17) is 17.3 Å². The number of hydrogen-bond donors (Lipinski definition) is 2. The average molecular weight is 490 g/mol. The van der Waals surface area contributed by atoms with E-state index in [1.165, 1.54) is 4.70 Å². The van der Waals surface area contributed by atoms with E-state index in [1.54, 1.807) is 11.3 Å². The quantitative estimate of drug-likeness (QED) is 0.267. The second-order valence-corrected chi connectivity index (χ2v) is 10.0. The summed E-state index contributed by atoms with van der Waals surface area (Å²) in [6.45, 7) is 0.625. The summed E-state index contributed by atoms with van der Waals surface area (Å²) < 4.78 is 3.32. The first-order valence-electron chi connectivity index (χ1n) is 10.9. The molecule has 0 aliphatic heterocycles. The fourth-order valence-corrected chi connectivity index (χ4v) is 5.51. The normalized spacial score (nSPS) is 11.4. The maximum absolute atomic E-state index is 11.5. The first-order chi connectivity index (χ1) is 16.3. The summed E-state index contributed by atoms with van der Waals surface area (Å²) in [4.78, 5) is 13.6. The highest BCUT2D eigenvalue weighted by Gasteiger charge is 2.15. The molecule has 5 aromatic rings. The van der Waals surface area contributed by atoms with E-state index in [0.717, 1.165) is 44.2 Å². The lowest BCUT2D eigenvalue weighted by Gasteiger charge is -2.15. The molecule has 5 nitrogen and oxygen atoms in total. The maximum atomic E-state index is 11.5. The lowest BCUT2D eigenvalue weighted by molar-refractivity contribution is -0.136. The van der Waals surface area contributed by atoms with Crippen molar-refractivity contribution in [3.05, 3.63) is 82.3 Å². The standard InChI is InChI=1S/C27H24ClN3O2S/c1-30(2)22-8-17(7-21(29)12-22)16-3-5-23-18(10-27(32)33)13-31(25(23)9-16)14-19-15-34-26-6-4-20(28)11-24(19)26/h3-9,11-13,15H,10,14,29H2,1-2H3,(H,32,33). The number of nitrogens with zero attached hydrogens (tertiary/aromatic N) is 2. The van der Waals surface area contributed by atoms with Crippen molar-refractivity contribution in [2.24, 2.45) is 0 Å². The van der Waals surface area contributed by atoms with E-state index >= 15 is 0 Å². The Hall–Kier alpha value is -3.48. The molecular weight excluding hydrogens is 466 g/mol. The van der Waals surface area contributed by atoms with Crippen LogP contribution in [0.2, 0.25) is 5.02 Å². The summed E-state index contributed by atoms with van der Waals surface area (Å²) in [6, 6.07) is 18.1. The summed E-state index contributed by atoms with van der Waals surface area (Å²) in [6.07, 6.45) is 1.93. The monoisotopic (exact) mass is 489 g/mol. The van der Waals surface area contributed by atoms with Crippen molar-refractivity contribution in [2.75, 3.05) is 24.7 Å². The SMILES string of the molecule is CN(C)c1cc(N)cc(-c2ccc3c(CC(=O)O)cn(Cc4csc5ccc(Cl)cc45)c3c2)c1. The highest BCUT2D eigenvalue weighted by Crippen LogP contribution is 2.34. The molecule has 0 bridgehead atoms. The van der Waals surface area contributed by atoms with E-state index in [-0.39, 0.29) is 6.42 Å². The van der Waals surface area contributed by atoms with Gasteiger partial charge in [-0.05, 0) is 75.5 Å². The fourth-order valence-electron chi connectivity index (χ4n) is 4.40. The molecule has 0 unspecified atom stereocenters. The second-order valence-electron chi connectivity index (χ2n) is 8.69. The lowest BCUT2D eigenvalue weighted by atomic mass is 10.0. The van der Waals surface area contributed by atoms with Crippen LogP contribution in [0.4, 0.5) is 11.4 Å². The van der Waals surface area contributed by atoms with E-state index < -0.39 is 5.97 Å². The predicted octanol–water partition coefficient (Wildman–Crippen LogP) is 6.50. The van der Waals surface area contributed by atoms with Crippen molar-refractivity contribution >= 4 is 61.3 Å². The van der Waals surface area contributed by atoms with Crippen LogP contribution < -0.4 is 10.6 Å². The number of carboxylic acids is 1. The van der Waals surface area contributed by atoms with Gasteiger partial charge in [-0.2, -0.15) is 0 Å². The van der Waals surface area contributed by atoms with Crippen molar-refractivity contribution in [3.8, 4) is 11.1 Å². The molecule has 0 radical (unpaired) electrons. The molecule has 0 aliphatic rings. The van der Waals surface area contributed by atoms with Crippen LogP contribution in [0.25, 0.3) is 32.1 Å². The largest absolute Gasteiger partial charge is 0.481 e. The highest BCUT2D eigenvalue weighted by molar-refractivity contribution is 7.17.